The fourth-order valence-electron chi connectivity index (χ4n) is 21.4. The molecule has 0 aliphatic heterocycles. The van der Waals surface area contributed by atoms with Crippen LogP contribution in [-0.4, -0.2) is 85.7 Å². The second-order valence-electron chi connectivity index (χ2n) is 37.2. The molecule has 20 nitrogen and oxygen atoms in total. The molecular formula is C124H100N10O10. The van der Waals surface area contributed by atoms with Gasteiger partial charge in [-0.2, -0.15) is 0 Å². The largest absolute Gasteiger partial charge is 0.337 e. The molecule has 144 heavy (non-hydrogen) atoms. The number of nitrogens with zero attached hydrogens (tertiary/aromatic N) is 10. The van der Waals surface area contributed by atoms with Crippen molar-refractivity contribution in [2.75, 3.05) is 0 Å². The van der Waals surface area contributed by atoms with Gasteiger partial charge >= 0.3 is 23.9 Å². The Hall–Kier alpha value is -17.8. The molecule has 0 aliphatic rings. The van der Waals surface area contributed by atoms with Crippen LogP contribution in [-0.2, 0) is 38.5 Å². The fraction of sp³-hybridized carbons (Fsp3) is 0.145. The van der Waals surface area contributed by atoms with Crippen LogP contribution in [0.2, 0.25) is 0 Å². The molecule has 20 heteroatoms. The van der Waals surface area contributed by atoms with E-state index in [1.54, 1.807) is 0 Å². The van der Waals surface area contributed by atoms with Crippen molar-refractivity contribution in [1.29, 1.82) is 0 Å². The molecular weight excluding hydrogens is 1790 g/mol. The summed E-state index contributed by atoms with van der Waals surface area (Å²) in [5, 5.41) is 30.6. The first-order valence-electron chi connectivity index (χ1n) is 49.0. The third kappa shape index (κ3) is 17.4. The number of benzene rings is 16. The van der Waals surface area contributed by atoms with Gasteiger partial charge in [0.05, 0.1) is 67.0 Å². The average Bonchev–Trinajstić information content (AvgIpc) is 1.58. The number of oxime groups is 4. The number of hydrogen-bond acceptors (Lipinski definition) is 14. The lowest BCUT2D eigenvalue weighted by atomic mass is 9.98. The summed E-state index contributed by atoms with van der Waals surface area (Å²) in [5.74, 6) is -2.45. The van der Waals surface area contributed by atoms with Gasteiger partial charge in [0.1, 0.15) is 0 Å². The minimum Gasteiger partial charge on any atom is -0.337 e. The van der Waals surface area contributed by atoms with Crippen molar-refractivity contribution in [1.82, 2.24) is 27.4 Å². The molecule has 0 saturated carbocycles. The Labute approximate surface area is 829 Å². The maximum atomic E-state index is 15.1. The van der Waals surface area contributed by atoms with Crippen LogP contribution in [0, 0.1) is 0 Å². The van der Waals surface area contributed by atoms with Gasteiger partial charge in [0.25, 0.3) is 0 Å². The van der Waals surface area contributed by atoms with Crippen LogP contribution in [0.1, 0.15) is 172 Å². The van der Waals surface area contributed by atoms with E-state index in [2.05, 4.69) is 232 Å². The molecule has 0 saturated heterocycles. The lowest BCUT2D eigenvalue weighted by Gasteiger charge is -2.18. The summed E-state index contributed by atoms with van der Waals surface area (Å²) >= 11 is 0. The van der Waals surface area contributed by atoms with Gasteiger partial charge < -0.3 is 46.8 Å². The highest BCUT2D eigenvalue weighted by Crippen LogP contribution is 2.43. The van der Waals surface area contributed by atoms with E-state index in [4.69, 9.17) is 19.4 Å². The topological polar surface area (TPSA) is 218 Å². The Morgan fingerprint density at radius 1 is 0.215 bits per heavy atom. The van der Waals surface area contributed by atoms with Crippen molar-refractivity contribution >= 4 is 189 Å². The molecule has 0 spiro atoms. The summed E-state index contributed by atoms with van der Waals surface area (Å²) in [7, 11) is 0. The standard InChI is InChI=1S/C124H100N10O10/c1-77(129-111-39-21-13-29-95(111)96-30-14-22-40-112(96)129)71-109(127-143-81(5)137)83-47-59-91(60-48-83)133-119-67-55-87(73-103(119)105-75-89(57-69-121(105)133)123(139)85-51-63-93(64-52-85)131-115-43-25-17-33-99(115)100-34-18-26-44-116(100)131)107(125-141-79(3)135)37-11-9-7-8-10-12-38-108(126-142-80(4)136)88-56-68-120-104(74-88)106-76-90(124(140)86-53-65-94(66-54-86)132-117-45-27-19-35-101(117)102-36-20-28-46-118(102)132)58-70-122(106)134(120)92-61-49-84(50-62-92)110(128-144-82(6)138)72-78(2)130-113-41-23-15-31-97(113)98-32-16-24-42-114(98)130/h13-36,39-70,73-78H,7-12,37-38,71-72H2,1-6H3/b125-107-,126-108-,127-109?,128-110?. The first-order chi connectivity index (χ1) is 70.4. The number of aromatic nitrogens is 6. The Morgan fingerprint density at radius 2 is 0.417 bits per heavy atom. The molecule has 16 aromatic carbocycles. The van der Waals surface area contributed by atoms with Crippen LogP contribution < -0.4 is 0 Å². The molecule has 6 aromatic heterocycles. The number of carbonyl (C=O) groups excluding carboxylic acids is 6. The zero-order valence-electron chi connectivity index (χ0n) is 80.4. The number of fused-ring (bicyclic) bond motifs is 18. The van der Waals surface area contributed by atoms with Gasteiger partial charge in [0.15, 0.2) is 11.6 Å². The number of carbonyl (C=O) groups is 6. The lowest BCUT2D eigenvalue weighted by molar-refractivity contribution is -0.141. The zero-order valence-corrected chi connectivity index (χ0v) is 80.4. The summed E-state index contributed by atoms with van der Waals surface area (Å²) in [6.07, 6.45) is 6.68. The molecule has 706 valence electrons. The van der Waals surface area contributed by atoms with E-state index in [0.717, 1.165) is 214 Å². The van der Waals surface area contributed by atoms with E-state index >= 15 is 9.59 Å². The molecule has 2 atom stereocenters. The van der Waals surface area contributed by atoms with Gasteiger partial charge in [-0.05, 0) is 233 Å². The normalized spacial score (nSPS) is 12.8. The molecule has 0 radical (unpaired) electrons. The molecule has 22 rings (SSSR count). The van der Waals surface area contributed by atoms with Crippen LogP contribution in [0.4, 0.5) is 0 Å². The number of unbranched alkanes of at least 4 members (excludes halogenated alkanes) is 5. The lowest BCUT2D eigenvalue weighted by Crippen LogP contribution is -2.13. The van der Waals surface area contributed by atoms with E-state index in [1.807, 2.05) is 194 Å². The Morgan fingerprint density at radius 3 is 0.681 bits per heavy atom. The van der Waals surface area contributed by atoms with E-state index in [-0.39, 0.29) is 23.7 Å². The minimum atomic E-state index is -0.554. The SMILES string of the molecule is CC(=O)ON=C(CC(C)n1c2ccccc2c2ccccc21)c1ccc(-n2c3ccc(C(=O)c4ccc(-n5c6ccccc6c6ccccc65)cc4)cc3c3cc(/C(CCCCCCCC/C(=N/OC(C)=O)c4ccc5c(c4)c4cc(C(=O)c6ccc(-n7c8ccccc8c8ccccc87)cc6)ccc4n5-c4ccc(C(CC(C)n5c6ccccc6c6ccccc65)=NOC(C)=O)cc4)=N\OC(C)=O)ccc32)cc1. The van der Waals surface area contributed by atoms with Gasteiger partial charge in [-0.1, -0.05) is 228 Å². The van der Waals surface area contributed by atoms with Crippen molar-refractivity contribution in [3.63, 3.8) is 0 Å². The first kappa shape index (κ1) is 91.3. The molecule has 0 aliphatic carbocycles. The molecule has 22 aromatic rings. The van der Waals surface area contributed by atoms with Crippen LogP contribution in [0.5, 0.6) is 0 Å². The van der Waals surface area contributed by atoms with E-state index in [1.165, 1.54) is 27.7 Å². The second kappa shape index (κ2) is 39.1. The van der Waals surface area contributed by atoms with Crippen molar-refractivity contribution < 1.29 is 48.1 Å². The second-order valence-corrected chi connectivity index (χ2v) is 37.2. The highest BCUT2D eigenvalue weighted by Gasteiger charge is 2.27. The third-order valence-corrected chi connectivity index (χ3v) is 27.9. The van der Waals surface area contributed by atoms with Gasteiger partial charge in [0, 0.05) is 195 Å². The molecule has 6 heterocycles. The van der Waals surface area contributed by atoms with Crippen molar-refractivity contribution in [3.05, 3.63) is 408 Å². The average molecular weight is 1890 g/mol. The Kier molecular flexibility index (Phi) is 24.8. The summed E-state index contributed by atoms with van der Waals surface area (Å²) in [5.41, 5.74) is 23.0. The number of para-hydroxylation sites is 8. The molecule has 0 N–H and O–H groups in total. The Balaban J connectivity index is 0.536. The van der Waals surface area contributed by atoms with Gasteiger partial charge in [-0.25, -0.2) is 19.2 Å². The first-order valence-corrected chi connectivity index (χ1v) is 49.0. The molecule has 0 amide bonds. The zero-order chi connectivity index (χ0) is 98.3. The van der Waals surface area contributed by atoms with Crippen LogP contribution >= 0.6 is 0 Å². The third-order valence-electron chi connectivity index (χ3n) is 27.9. The van der Waals surface area contributed by atoms with Crippen LogP contribution in [0.3, 0.4) is 0 Å². The monoisotopic (exact) mass is 1890 g/mol. The summed E-state index contributed by atoms with van der Waals surface area (Å²) in [6.45, 7) is 9.68. The van der Waals surface area contributed by atoms with Crippen LogP contribution in [0.15, 0.2) is 385 Å². The summed E-state index contributed by atoms with van der Waals surface area (Å²) in [6, 6.07) is 123. The smallest absolute Gasteiger partial charge is 0.331 e. The number of rotatable bonds is 31. The quantitative estimate of drug-likeness (QED) is 0.0132. The van der Waals surface area contributed by atoms with Crippen molar-refractivity contribution in [3.8, 4) is 22.7 Å². The van der Waals surface area contributed by atoms with E-state index < -0.39 is 23.9 Å². The minimum absolute atomic E-state index is 0.106. The van der Waals surface area contributed by atoms with Crippen molar-refractivity contribution in [2.45, 2.75) is 118 Å². The summed E-state index contributed by atoms with van der Waals surface area (Å²) in [4.78, 5) is 103. The Bertz CT molecular complexity index is 8320. The van der Waals surface area contributed by atoms with Crippen LogP contribution in [0.25, 0.3) is 154 Å². The highest BCUT2D eigenvalue weighted by atomic mass is 16.7. The predicted molar refractivity (Wildman–Crippen MR) is 578 cm³/mol. The van der Waals surface area contributed by atoms with Crippen molar-refractivity contribution in [2.24, 2.45) is 20.6 Å². The van der Waals surface area contributed by atoms with E-state index in [0.29, 0.717) is 70.8 Å². The fourth-order valence-corrected chi connectivity index (χ4v) is 21.4. The number of ketones is 2. The number of hydrogen-bond donors (Lipinski definition) is 0. The maximum Gasteiger partial charge on any atom is 0.331 e. The molecule has 0 bridgehead atoms. The maximum absolute atomic E-state index is 15.1. The van der Waals surface area contributed by atoms with Gasteiger partial charge in [-0.15, -0.1) is 0 Å². The molecule has 0 fully saturated rings. The highest BCUT2D eigenvalue weighted by molar-refractivity contribution is 6.21. The summed E-state index contributed by atoms with van der Waals surface area (Å²) < 4.78 is 13.5. The predicted octanol–water partition coefficient (Wildman–Crippen LogP) is 28.9. The van der Waals surface area contributed by atoms with E-state index in [9.17, 15) is 19.2 Å². The molecule has 2 unspecified atom stereocenters. The van der Waals surface area contributed by atoms with Gasteiger partial charge in [-0.3, -0.25) is 9.59 Å². The van der Waals surface area contributed by atoms with Gasteiger partial charge in [0.2, 0.25) is 0 Å².